The predicted octanol–water partition coefficient (Wildman–Crippen LogP) is 2.83. The molecule has 1 aliphatic carbocycles. The van der Waals surface area contributed by atoms with E-state index in [4.69, 9.17) is 10.5 Å². The van der Waals surface area contributed by atoms with Crippen LogP contribution in [0.1, 0.15) is 43.0 Å². The van der Waals surface area contributed by atoms with Crippen molar-refractivity contribution < 1.29 is 9.53 Å². The summed E-state index contributed by atoms with van der Waals surface area (Å²) in [5.41, 5.74) is 6.79. The number of carbonyl (C=O) groups excluding carboxylic acids is 1. The molecule has 1 fully saturated rings. The van der Waals surface area contributed by atoms with Gasteiger partial charge in [0.25, 0.3) is 5.91 Å². The molecule has 2 atom stereocenters. The van der Waals surface area contributed by atoms with Gasteiger partial charge in [0, 0.05) is 12.2 Å². The lowest BCUT2D eigenvalue weighted by molar-refractivity contribution is 0.0938. The Balaban J connectivity index is 1.98. The molecule has 110 valence electrons. The van der Waals surface area contributed by atoms with Crippen molar-refractivity contribution in [2.75, 3.05) is 19.4 Å². The van der Waals surface area contributed by atoms with Gasteiger partial charge in [-0.05, 0) is 36.8 Å². The average Bonchev–Trinajstić information content (AvgIpc) is 2.44. The second-order valence-corrected chi connectivity index (χ2v) is 5.77. The van der Waals surface area contributed by atoms with Gasteiger partial charge in [0.2, 0.25) is 0 Å². The molecule has 2 rings (SSSR count). The highest BCUT2D eigenvalue weighted by atomic mass is 16.5. The number of carbonyl (C=O) groups is 1. The Morgan fingerprint density at radius 3 is 2.95 bits per heavy atom. The van der Waals surface area contributed by atoms with Crippen molar-refractivity contribution in [2.24, 2.45) is 11.8 Å². The summed E-state index contributed by atoms with van der Waals surface area (Å²) in [7, 11) is 1.55. The van der Waals surface area contributed by atoms with Crippen molar-refractivity contribution in [2.45, 2.75) is 32.6 Å². The van der Waals surface area contributed by atoms with Crippen LogP contribution >= 0.6 is 0 Å². The Bertz CT molecular complexity index is 474. The molecule has 2 unspecified atom stereocenters. The Morgan fingerprint density at radius 2 is 2.25 bits per heavy atom. The lowest BCUT2D eigenvalue weighted by Crippen LogP contribution is -2.32. The zero-order chi connectivity index (χ0) is 14.5. The number of hydrogen-bond acceptors (Lipinski definition) is 3. The van der Waals surface area contributed by atoms with Crippen LogP contribution in [0.5, 0.6) is 5.75 Å². The predicted molar refractivity (Wildman–Crippen MR) is 80.9 cm³/mol. The third-order valence-electron chi connectivity index (χ3n) is 4.10. The maximum Gasteiger partial charge on any atom is 0.257 e. The minimum absolute atomic E-state index is 0.141. The van der Waals surface area contributed by atoms with E-state index in [0.29, 0.717) is 22.9 Å². The van der Waals surface area contributed by atoms with E-state index < -0.39 is 0 Å². The smallest absolute Gasteiger partial charge is 0.257 e. The molecular weight excluding hydrogens is 252 g/mol. The van der Waals surface area contributed by atoms with Gasteiger partial charge in [-0.1, -0.05) is 25.8 Å². The largest absolute Gasteiger partial charge is 0.496 e. The summed E-state index contributed by atoms with van der Waals surface area (Å²) in [5, 5.41) is 3.01. The Kier molecular flexibility index (Phi) is 4.88. The van der Waals surface area contributed by atoms with Crippen LogP contribution in [0.3, 0.4) is 0 Å². The average molecular weight is 276 g/mol. The summed E-state index contributed by atoms with van der Waals surface area (Å²) in [6.07, 6.45) is 4.97. The van der Waals surface area contributed by atoms with Crippen LogP contribution in [0, 0.1) is 11.8 Å². The van der Waals surface area contributed by atoms with Crippen LogP contribution in [0.2, 0.25) is 0 Å². The number of benzene rings is 1. The molecule has 20 heavy (non-hydrogen) atoms. The lowest BCUT2D eigenvalue weighted by atomic mass is 9.82. The first-order valence-corrected chi connectivity index (χ1v) is 7.32. The summed E-state index contributed by atoms with van der Waals surface area (Å²) in [5.74, 6) is 1.73. The standard InChI is InChI=1S/C16H24N2O2/c1-11-5-3-6-12(9-11)10-18-16(19)15-13(17)7-4-8-14(15)20-2/h4,7-8,11-12H,3,5-6,9-10,17H2,1-2H3,(H,18,19). The molecular formula is C16H24N2O2. The SMILES string of the molecule is COc1cccc(N)c1C(=O)NCC1CCCC(C)C1. The molecule has 4 nitrogen and oxygen atoms in total. The van der Waals surface area contributed by atoms with Gasteiger partial charge in [-0.25, -0.2) is 0 Å². The van der Waals surface area contributed by atoms with Gasteiger partial charge in [0.15, 0.2) is 0 Å². The molecule has 0 spiro atoms. The first-order chi connectivity index (χ1) is 9.61. The molecule has 1 aromatic carbocycles. The van der Waals surface area contributed by atoms with Crippen molar-refractivity contribution in [1.29, 1.82) is 0 Å². The fourth-order valence-corrected chi connectivity index (χ4v) is 3.03. The third-order valence-corrected chi connectivity index (χ3v) is 4.10. The number of anilines is 1. The molecule has 0 radical (unpaired) electrons. The minimum atomic E-state index is -0.141. The normalized spacial score (nSPS) is 22.3. The maximum atomic E-state index is 12.3. The van der Waals surface area contributed by atoms with E-state index in [0.717, 1.165) is 12.5 Å². The van der Waals surface area contributed by atoms with Gasteiger partial charge < -0.3 is 15.8 Å². The molecule has 3 N–H and O–H groups in total. The Labute approximate surface area is 120 Å². The monoisotopic (exact) mass is 276 g/mol. The van der Waals surface area contributed by atoms with Crippen molar-refractivity contribution in [1.82, 2.24) is 5.32 Å². The number of methoxy groups -OCH3 is 1. The number of rotatable bonds is 4. The molecule has 1 saturated carbocycles. The van der Waals surface area contributed by atoms with Crippen molar-refractivity contribution in [3.63, 3.8) is 0 Å². The van der Waals surface area contributed by atoms with Crippen LogP contribution < -0.4 is 15.8 Å². The van der Waals surface area contributed by atoms with E-state index in [2.05, 4.69) is 12.2 Å². The number of nitrogens with one attached hydrogen (secondary N) is 1. The molecule has 1 amide bonds. The Morgan fingerprint density at radius 1 is 1.45 bits per heavy atom. The minimum Gasteiger partial charge on any atom is -0.496 e. The van der Waals surface area contributed by atoms with Crippen LogP contribution in [0.25, 0.3) is 0 Å². The summed E-state index contributed by atoms with van der Waals surface area (Å²) in [6, 6.07) is 5.27. The van der Waals surface area contributed by atoms with E-state index >= 15 is 0 Å². The molecule has 0 bridgehead atoms. The van der Waals surface area contributed by atoms with Crippen molar-refractivity contribution in [3.8, 4) is 5.75 Å². The molecule has 0 saturated heterocycles. The van der Waals surface area contributed by atoms with Gasteiger partial charge >= 0.3 is 0 Å². The van der Waals surface area contributed by atoms with Crippen LogP contribution in [-0.2, 0) is 0 Å². The zero-order valence-corrected chi connectivity index (χ0v) is 12.3. The number of ether oxygens (including phenoxy) is 1. The number of nitrogens with two attached hydrogens (primary N) is 1. The zero-order valence-electron chi connectivity index (χ0n) is 12.3. The van der Waals surface area contributed by atoms with E-state index in [-0.39, 0.29) is 5.91 Å². The van der Waals surface area contributed by atoms with E-state index in [1.807, 2.05) is 0 Å². The van der Waals surface area contributed by atoms with Crippen LogP contribution in [0.15, 0.2) is 18.2 Å². The number of hydrogen-bond donors (Lipinski definition) is 2. The highest BCUT2D eigenvalue weighted by Crippen LogP contribution is 2.28. The molecule has 1 aliphatic rings. The highest BCUT2D eigenvalue weighted by molar-refractivity contribution is 6.01. The fourth-order valence-electron chi connectivity index (χ4n) is 3.03. The van der Waals surface area contributed by atoms with Gasteiger partial charge in [-0.15, -0.1) is 0 Å². The lowest BCUT2D eigenvalue weighted by Gasteiger charge is -2.26. The second kappa shape index (κ2) is 6.64. The van der Waals surface area contributed by atoms with E-state index in [9.17, 15) is 4.79 Å². The number of nitrogen functional groups attached to an aromatic ring is 1. The number of amides is 1. The van der Waals surface area contributed by atoms with Crippen LogP contribution in [0.4, 0.5) is 5.69 Å². The van der Waals surface area contributed by atoms with E-state index in [1.54, 1.807) is 25.3 Å². The first kappa shape index (κ1) is 14.7. The summed E-state index contributed by atoms with van der Waals surface area (Å²) in [4.78, 5) is 12.3. The Hall–Kier alpha value is -1.71. The topological polar surface area (TPSA) is 64.3 Å². The third kappa shape index (κ3) is 3.44. The molecule has 0 heterocycles. The highest BCUT2D eigenvalue weighted by Gasteiger charge is 2.21. The molecule has 0 aliphatic heterocycles. The summed E-state index contributed by atoms with van der Waals surface area (Å²) >= 11 is 0. The van der Waals surface area contributed by atoms with E-state index in [1.165, 1.54) is 25.7 Å². The fraction of sp³-hybridized carbons (Fsp3) is 0.562. The van der Waals surface area contributed by atoms with Gasteiger partial charge in [0.1, 0.15) is 11.3 Å². The van der Waals surface area contributed by atoms with Gasteiger partial charge in [-0.2, -0.15) is 0 Å². The molecule has 1 aromatic rings. The first-order valence-electron chi connectivity index (χ1n) is 7.32. The van der Waals surface area contributed by atoms with Gasteiger partial charge in [-0.3, -0.25) is 4.79 Å². The van der Waals surface area contributed by atoms with Crippen LogP contribution in [-0.4, -0.2) is 19.6 Å². The summed E-state index contributed by atoms with van der Waals surface area (Å²) in [6.45, 7) is 3.01. The second-order valence-electron chi connectivity index (χ2n) is 5.77. The molecule has 4 heteroatoms. The summed E-state index contributed by atoms with van der Waals surface area (Å²) < 4.78 is 5.22. The maximum absolute atomic E-state index is 12.3. The molecule has 0 aromatic heterocycles. The quantitative estimate of drug-likeness (QED) is 0.831. The van der Waals surface area contributed by atoms with Crippen molar-refractivity contribution >= 4 is 11.6 Å². The van der Waals surface area contributed by atoms with Gasteiger partial charge in [0.05, 0.1) is 7.11 Å². The van der Waals surface area contributed by atoms with Crippen molar-refractivity contribution in [3.05, 3.63) is 23.8 Å².